The minimum Gasteiger partial charge on any atom is -0.433 e. The van der Waals surface area contributed by atoms with E-state index in [1.165, 1.54) is 6.07 Å². The van der Waals surface area contributed by atoms with Crippen molar-refractivity contribution in [2.24, 2.45) is 0 Å². The number of rotatable bonds is 5. The summed E-state index contributed by atoms with van der Waals surface area (Å²) < 4.78 is 29.6. The Balaban J connectivity index is 1.76. The molecule has 2 aromatic rings. The van der Waals surface area contributed by atoms with Crippen LogP contribution in [-0.4, -0.2) is 35.9 Å². The summed E-state index contributed by atoms with van der Waals surface area (Å²) in [5.41, 5.74) is 1.81. The van der Waals surface area contributed by atoms with Gasteiger partial charge in [0.2, 0.25) is 0 Å². The van der Waals surface area contributed by atoms with Gasteiger partial charge in [-0.05, 0) is 69.9 Å². The van der Waals surface area contributed by atoms with Gasteiger partial charge in [-0.25, -0.2) is 0 Å². The molecule has 29 heavy (non-hydrogen) atoms. The number of anilines is 1. The summed E-state index contributed by atoms with van der Waals surface area (Å²) in [5, 5.41) is 2.73. The number of carbonyl (C=O) groups is 2. The van der Waals surface area contributed by atoms with Gasteiger partial charge in [-0.3, -0.25) is 9.59 Å². The summed E-state index contributed by atoms with van der Waals surface area (Å²) in [6.45, 7) is 3.32. The summed E-state index contributed by atoms with van der Waals surface area (Å²) in [6, 6.07) is 6.73. The number of piperidine rings is 1. The number of alkyl halides is 2. The lowest BCUT2D eigenvalue weighted by molar-refractivity contribution is -0.0498. The lowest BCUT2D eigenvalue weighted by atomic mass is 10.0. The molecule has 0 aliphatic carbocycles. The number of halogens is 2. The number of nitrogens with zero attached hydrogens (tertiary/aromatic N) is 1. The quantitative estimate of drug-likeness (QED) is 0.718. The van der Waals surface area contributed by atoms with Crippen molar-refractivity contribution < 1.29 is 23.1 Å². The van der Waals surface area contributed by atoms with Crippen molar-refractivity contribution in [2.45, 2.75) is 52.7 Å². The van der Waals surface area contributed by atoms with Crippen LogP contribution in [0.4, 0.5) is 14.5 Å². The Labute approximate surface area is 172 Å². The third-order valence-corrected chi connectivity index (χ3v) is 6.06. The van der Waals surface area contributed by atoms with Crippen LogP contribution in [0.2, 0.25) is 0 Å². The first-order chi connectivity index (χ1) is 13.8. The molecule has 0 bridgehead atoms. The maximum atomic E-state index is 12.8. The van der Waals surface area contributed by atoms with Crippen molar-refractivity contribution in [2.75, 3.05) is 11.9 Å². The van der Waals surface area contributed by atoms with E-state index in [1.54, 1.807) is 32.0 Å². The molecule has 0 radical (unpaired) electrons. The first kappa shape index (κ1) is 21.2. The van der Waals surface area contributed by atoms with Crippen LogP contribution in [0.15, 0.2) is 24.3 Å². The highest BCUT2D eigenvalue weighted by molar-refractivity contribution is 7.14. The van der Waals surface area contributed by atoms with Gasteiger partial charge in [-0.2, -0.15) is 8.78 Å². The number of ether oxygens (including phenoxy) is 1. The zero-order valence-electron chi connectivity index (χ0n) is 16.6. The molecule has 1 aliphatic heterocycles. The van der Waals surface area contributed by atoms with Gasteiger partial charge in [0.05, 0.1) is 0 Å². The van der Waals surface area contributed by atoms with Crippen molar-refractivity contribution in [1.82, 2.24) is 4.90 Å². The Morgan fingerprint density at radius 3 is 2.66 bits per heavy atom. The molecule has 1 unspecified atom stereocenters. The van der Waals surface area contributed by atoms with Crippen LogP contribution in [0.5, 0.6) is 5.75 Å². The average molecular weight is 422 g/mol. The first-order valence-electron chi connectivity index (χ1n) is 9.54. The fourth-order valence-electron chi connectivity index (χ4n) is 3.51. The van der Waals surface area contributed by atoms with E-state index in [0.29, 0.717) is 16.1 Å². The summed E-state index contributed by atoms with van der Waals surface area (Å²) in [7, 11) is 0. The number of carbonyl (C=O) groups excluding carboxylic acids is 2. The highest BCUT2D eigenvalue weighted by Gasteiger charge is 2.25. The Morgan fingerprint density at radius 2 is 2.00 bits per heavy atom. The summed E-state index contributed by atoms with van der Waals surface area (Å²) >= 11 is 1.09. The Kier molecular flexibility index (Phi) is 6.52. The molecular weight excluding hydrogens is 398 g/mol. The van der Waals surface area contributed by atoms with E-state index < -0.39 is 12.5 Å². The van der Waals surface area contributed by atoms with Gasteiger partial charge in [0.25, 0.3) is 11.8 Å². The van der Waals surface area contributed by atoms with Crippen LogP contribution < -0.4 is 10.1 Å². The molecule has 1 fully saturated rings. The Bertz CT molecular complexity index is 913. The van der Waals surface area contributed by atoms with E-state index in [0.717, 1.165) is 42.7 Å². The minimum atomic E-state index is -3.00. The minimum absolute atomic E-state index is 0.0142. The monoisotopic (exact) mass is 422 g/mol. The Morgan fingerprint density at radius 1 is 1.24 bits per heavy atom. The second-order valence-electron chi connectivity index (χ2n) is 7.26. The van der Waals surface area contributed by atoms with Crippen molar-refractivity contribution in [1.29, 1.82) is 0 Å². The lowest BCUT2D eigenvalue weighted by Gasteiger charge is -2.33. The molecule has 1 atom stereocenters. The predicted octanol–water partition coefficient (Wildman–Crippen LogP) is 5.23. The number of thiophene rings is 1. The third kappa shape index (κ3) is 4.93. The highest BCUT2D eigenvalue weighted by atomic mass is 32.1. The maximum absolute atomic E-state index is 12.8. The number of aryl methyl sites for hydroxylation is 2. The van der Waals surface area contributed by atoms with Crippen LogP contribution in [0.25, 0.3) is 0 Å². The molecule has 2 amide bonds. The van der Waals surface area contributed by atoms with Crippen molar-refractivity contribution >= 4 is 28.8 Å². The van der Waals surface area contributed by atoms with E-state index in [4.69, 9.17) is 0 Å². The molecule has 3 rings (SSSR count). The van der Waals surface area contributed by atoms with Crippen LogP contribution >= 0.6 is 11.3 Å². The van der Waals surface area contributed by atoms with E-state index in [-0.39, 0.29) is 22.6 Å². The van der Waals surface area contributed by atoms with Crippen LogP contribution in [0.3, 0.4) is 0 Å². The third-order valence-electron chi connectivity index (χ3n) is 5.03. The number of hydrogen-bond acceptors (Lipinski definition) is 4. The fourth-order valence-corrected chi connectivity index (χ4v) is 4.35. The number of likely N-dealkylation sites (tertiary alicyclic amines) is 1. The predicted molar refractivity (Wildman–Crippen MR) is 109 cm³/mol. The van der Waals surface area contributed by atoms with Gasteiger partial charge >= 0.3 is 6.61 Å². The van der Waals surface area contributed by atoms with Gasteiger partial charge < -0.3 is 15.0 Å². The topological polar surface area (TPSA) is 58.6 Å². The number of nitrogens with one attached hydrogen (secondary N) is 1. The second kappa shape index (κ2) is 8.90. The SMILES string of the molecule is Cc1cc(OC(F)F)c(C(=O)Nc2ccc(C(=O)N3CCCCC3C)cc2C)s1. The van der Waals surface area contributed by atoms with Gasteiger partial charge in [0.1, 0.15) is 10.6 Å². The first-order valence-corrected chi connectivity index (χ1v) is 10.4. The molecule has 1 N–H and O–H groups in total. The van der Waals surface area contributed by atoms with E-state index in [2.05, 4.69) is 17.0 Å². The van der Waals surface area contributed by atoms with E-state index in [1.807, 2.05) is 4.90 Å². The molecule has 156 valence electrons. The molecule has 1 aliphatic rings. The number of hydrogen-bond donors (Lipinski definition) is 1. The molecule has 1 saturated heterocycles. The molecule has 0 spiro atoms. The van der Waals surface area contributed by atoms with E-state index in [9.17, 15) is 18.4 Å². The normalized spacial score (nSPS) is 16.8. The van der Waals surface area contributed by atoms with Crippen molar-refractivity contribution in [3.8, 4) is 5.75 Å². The number of benzene rings is 1. The van der Waals surface area contributed by atoms with Gasteiger partial charge in [0, 0.05) is 28.7 Å². The molecule has 8 heteroatoms. The zero-order chi connectivity index (χ0) is 21.1. The van der Waals surface area contributed by atoms with Gasteiger partial charge in [0.15, 0.2) is 0 Å². The summed E-state index contributed by atoms with van der Waals surface area (Å²) in [5.74, 6) is -0.672. The van der Waals surface area contributed by atoms with Crippen molar-refractivity contribution in [3.05, 3.63) is 45.1 Å². The average Bonchev–Trinajstić information content (AvgIpc) is 3.02. The van der Waals surface area contributed by atoms with Crippen LogP contribution in [0.1, 0.15) is 56.7 Å². The smallest absolute Gasteiger partial charge is 0.387 e. The fraction of sp³-hybridized carbons (Fsp3) is 0.429. The Hall–Kier alpha value is -2.48. The summed E-state index contributed by atoms with van der Waals surface area (Å²) in [4.78, 5) is 28.1. The van der Waals surface area contributed by atoms with Gasteiger partial charge in [-0.15, -0.1) is 11.3 Å². The molecule has 1 aromatic carbocycles. The van der Waals surface area contributed by atoms with Gasteiger partial charge in [-0.1, -0.05) is 0 Å². The highest BCUT2D eigenvalue weighted by Crippen LogP contribution is 2.31. The van der Waals surface area contributed by atoms with E-state index >= 15 is 0 Å². The summed E-state index contributed by atoms with van der Waals surface area (Å²) in [6.07, 6.45) is 3.14. The largest absolute Gasteiger partial charge is 0.433 e. The maximum Gasteiger partial charge on any atom is 0.387 e. The molecule has 1 aromatic heterocycles. The van der Waals surface area contributed by atoms with Crippen molar-refractivity contribution in [3.63, 3.8) is 0 Å². The molecular formula is C21H24F2N2O3S. The van der Waals surface area contributed by atoms with Crippen LogP contribution in [-0.2, 0) is 0 Å². The van der Waals surface area contributed by atoms with Crippen LogP contribution in [0, 0.1) is 13.8 Å². The molecule has 0 saturated carbocycles. The zero-order valence-corrected chi connectivity index (χ0v) is 17.4. The second-order valence-corrected chi connectivity index (χ2v) is 8.51. The molecule has 5 nitrogen and oxygen atoms in total. The lowest BCUT2D eigenvalue weighted by Crippen LogP contribution is -2.42. The number of amides is 2. The standard InChI is InChI=1S/C21H24F2N2O3S/c1-12-10-15(20(27)25-9-5-4-6-13(25)2)7-8-16(12)24-19(26)18-17(28-21(22)23)11-14(3)29-18/h7-8,10-11,13,21H,4-6,9H2,1-3H3,(H,24,26). The molecule has 2 heterocycles.